The van der Waals surface area contributed by atoms with Crippen LogP contribution < -0.4 is 0 Å². The van der Waals surface area contributed by atoms with Crippen molar-refractivity contribution in [2.45, 2.75) is 59.0 Å². The molecule has 0 spiro atoms. The average Bonchev–Trinajstić information content (AvgIpc) is 2.43. The molecule has 0 aliphatic carbocycles. The minimum absolute atomic E-state index is 0.111. The van der Waals surface area contributed by atoms with Gasteiger partial charge in [-0.2, -0.15) is 0 Å². The number of rotatable bonds is 11. The summed E-state index contributed by atoms with van der Waals surface area (Å²) in [6.07, 6.45) is 3.66. The van der Waals surface area contributed by atoms with Crippen LogP contribution in [0.5, 0.6) is 0 Å². The molecule has 0 rings (SSSR count). The number of carbonyl (C=O) groups is 2. The summed E-state index contributed by atoms with van der Waals surface area (Å²) in [5.74, 6) is -0.169. The van der Waals surface area contributed by atoms with E-state index >= 15 is 0 Å². The summed E-state index contributed by atoms with van der Waals surface area (Å²) < 4.78 is 10.1. The van der Waals surface area contributed by atoms with Gasteiger partial charge in [-0.05, 0) is 26.7 Å². The minimum Gasteiger partial charge on any atom is -0.469 e. The number of ether oxygens (including phenoxy) is 2. The Morgan fingerprint density at radius 2 is 1.80 bits per heavy atom. The van der Waals surface area contributed by atoms with Gasteiger partial charge in [-0.1, -0.05) is 13.3 Å². The molecule has 0 N–H and O–H groups in total. The molecular formula is C15H29NO4. The highest BCUT2D eigenvalue weighted by Gasteiger charge is 2.14. The Bertz CT molecular complexity index is 279. The maximum absolute atomic E-state index is 12.1. The van der Waals surface area contributed by atoms with E-state index in [2.05, 4.69) is 11.7 Å². The topological polar surface area (TPSA) is 55.8 Å². The molecule has 0 saturated heterocycles. The lowest BCUT2D eigenvalue weighted by atomic mass is 10.2. The van der Waals surface area contributed by atoms with Gasteiger partial charge < -0.3 is 14.4 Å². The maximum atomic E-state index is 12.1. The Hall–Kier alpha value is -1.10. The van der Waals surface area contributed by atoms with Crippen LogP contribution >= 0.6 is 0 Å². The SMILES string of the molecule is CCCCC(=O)N(CCCOC(C)C)CCC(=O)OC. The van der Waals surface area contributed by atoms with Crippen molar-refractivity contribution in [2.24, 2.45) is 0 Å². The summed E-state index contributed by atoms with van der Waals surface area (Å²) in [5.41, 5.74) is 0. The quantitative estimate of drug-likeness (QED) is 0.432. The van der Waals surface area contributed by atoms with Crippen LogP contribution in [0.15, 0.2) is 0 Å². The first-order valence-corrected chi connectivity index (χ1v) is 7.47. The first-order chi connectivity index (χ1) is 9.51. The molecule has 0 aromatic carbocycles. The zero-order chi connectivity index (χ0) is 15.4. The third-order valence-electron chi connectivity index (χ3n) is 2.93. The standard InChI is InChI=1S/C15H29NO4/c1-5-6-8-14(17)16(11-9-15(18)19-4)10-7-12-20-13(2)3/h13H,5-12H2,1-4H3. The first-order valence-electron chi connectivity index (χ1n) is 7.47. The van der Waals surface area contributed by atoms with Crippen LogP contribution in [0.3, 0.4) is 0 Å². The monoisotopic (exact) mass is 287 g/mol. The lowest BCUT2D eigenvalue weighted by molar-refractivity contribution is -0.141. The molecule has 0 aliphatic heterocycles. The fourth-order valence-corrected chi connectivity index (χ4v) is 1.75. The summed E-state index contributed by atoms with van der Waals surface area (Å²) in [7, 11) is 1.36. The normalized spacial score (nSPS) is 10.7. The molecule has 0 saturated carbocycles. The molecule has 0 radical (unpaired) electrons. The zero-order valence-corrected chi connectivity index (χ0v) is 13.3. The summed E-state index contributed by atoms with van der Waals surface area (Å²) >= 11 is 0. The van der Waals surface area contributed by atoms with Crippen LogP contribution in [0.25, 0.3) is 0 Å². The van der Waals surface area contributed by atoms with E-state index in [1.165, 1.54) is 7.11 Å². The summed E-state index contributed by atoms with van der Waals surface area (Å²) in [6.45, 7) is 7.72. The van der Waals surface area contributed by atoms with E-state index in [1.807, 2.05) is 13.8 Å². The summed E-state index contributed by atoms with van der Waals surface area (Å²) in [4.78, 5) is 25.0. The minimum atomic E-state index is -0.281. The van der Waals surface area contributed by atoms with Crippen molar-refractivity contribution in [3.8, 4) is 0 Å². The van der Waals surface area contributed by atoms with Crippen molar-refractivity contribution < 1.29 is 19.1 Å². The van der Waals surface area contributed by atoms with Gasteiger partial charge in [-0.25, -0.2) is 0 Å². The van der Waals surface area contributed by atoms with Crippen molar-refractivity contribution in [3.05, 3.63) is 0 Å². The average molecular weight is 287 g/mol. The third kappa shape index (κ3) is 9.78. The number of amides is 1. The third-order valence-corrected chi connectivity index (χ3v) is 2.93. The molecule has 0 aromatic rings. The number of carbonyl (C=O) groups excluding carboxylic acids is 2. The number of esters is 1. The highest BCUT2D eigenvalue weighted by molar-refractivity contribution is 5.77. The van der Waals surface area contributed by atoms with E-state index < -0.39 is 0 Å². The van der Waals surface area contributed by atoms with E-state index in [0.717, 1.165) is 19.3 Å². The van der Waals surface area contributed by atoms with Gasteiger partial charge in [0.25, 0.3) is 0 Å². The molecule has 20 heavy (non-hydrogen) atoms. The Labute approximate surface area is 122 Å². The summed E-state index contributed by atoms with van der Waals surface area (Å²) in [5, 5.41) is 0. The predicted octanol–water partition coefficient (Wildman–Crippen LogP) is 2.38. The van der Waals surface area contributed by atoms with Crippen molar-refractivity contribution in [1.29, 1.82) is 0 Å². The molecule has 0 heterocycles. The Kier molecular flexibility index (Phi) is 11.1. The number of hydrogen-bond acceptors (Lipinski definition) is 4. The summed E-state index contributed by atoms with van der Waals surface area (Å²) in [6, 6.07) is 0. The lowest BCUT2D eigenvalue weighted by Gasteiger charge is -2.22. The van der Waals surface area contributed by atoms with Gasteiger partial charge in [-0.15, -0.1) is 0 Å². The molecule has 118 valence electrons. The molecule has 0 aromatic heterocycles. The van der Waals surface area contributed by atoms with Gasteiger partial charge in [0, 0.05) is 26.1 Å². The van der Waals surface area contributed by atoms with Crippen molar-refractivity contribution in [2.75, 3.05) is 26.8 Å². The molecule has 0 bridgehead atoms. The van der Waals surface area contributed by atoms with Gasteiger partial charge in [-0.3, -0.25) is 9.59 Å². The van der Waals surface area contributed by atoms with Crippen molar-refractivity contribution in [3.63, 3.8) is 0 Å². The Balaban J connectivity index is 4.16. The molecule has 1 amide bonds. The second-order valence-electron chi connectivity index (χ2n) is 5.08. The van der Waals surface area contributed by atoms with Crippen molar-refractivity contribution in [1.82, 2.24) is 4.90 Å². The predicted molar refractivity (Wildman–Crippen MR) is 78.4 cm³/mol. The van der Waals surface area contributed by atoms with Crippen LogP contribution in [0.1, 0.15) is 52.9 Å². The van der Waals surface area contributed by atoms with Crippen LogP contribution in [0.4, 0.5) is 0 Å². The number of hydrogen-bond donors (Lipinski definition) is 0. The number of methoxy groups -OCH3 is 1. The molecule has 0 atom stereocenters. The fourth-order valence-electron chi connectivity index (χ4n) is 1.75. The Morgan fingerprint density at radius 1 is 1.10 bits per heavy atom. The first kappa shape index (κ1) is 18.9. The van der Waals surface area contributed by atoms with E-state index in [9.17, 15) is 9.59 Å². The molecule has 5 heteroatoms. The molecule has 5 nitrogen and oxygen atoms in total. The van der Waals surface area contributed by atoms with Gasteiger partial charge in [0.2, 0.25) is 5.91 Å². The molecule has 0 fully saturated rings. The Morgan fingerprint density at radius 3 is 2.35 bits per heavy atom. The zero-order valence-electron chi connectivity index (χ0n) is 13.3. The van der Waals surface area contributed by atoms with Crippen LogP contribution in [-0.4, -0.2) is 49.7 Å². The largest absolute Gasteiger partial charge is 0.469 e. The molecule has 0 unspecified atom stereocenters. The van der Waals surface area contributed by atoms with Crippen molar-refractivity contribution >= 4 is 11.9 Å². The highest BCUT2D eigenvalue weighted by atomic mass is 16.5. The molecule has 0 aliphatic rings. The van der Waals surface area contributed by atoms with Gasteiger partial charge in [0.05, 0.1) is 19.6 Å². The highest BCUT2D eigenvalue weighted by Crippen LogP contribution is 2.04. The van der Waals surface area contributed by atoms with Crippen LogP contribution in [0.2, 0.25) is 0 Å². The lowest BCUT2D eigenvalue weighted by Crippen LogP contribution is -2.34. The second-order valence-corrected chi connectivity index (χ2v) is 5.08. The van der Waals surface area contributed by atoms with E-state index in [1.54, 1.807) is 4.90 Å². The molecular weight excluding hydrogens is 258 g/mol. The van der Waals surface area contributed by atoms with Crippen LogP contribution in [-0.2, 0) is 19.1 Å². The number of nitrogens with zero attached hydrogens (tertiary/aromatic N) is 1. The second kappa shape index (κ2) is 11.7. The maximum Gasteiger partial charge on any atom is 0.307 e. The van der Waals surface area contributed by atoms with E-state index in [-0.39, 0.29) is 24.4 Å². The van der Waals surface area contributed by atoms with Gasteiger partial charge in [0.1, 0.15) is 0 Å². The van der Waals surface area contributed by atoms with E-state index in [4.69, 9.17) is 4.74 Å². The van der Waals surface area contributed by atoms with Gasteiger partial charge in [0.15, 0.2) is 0 Å². The van der Waals surface area contributed by atoms with Gasteiger partial charge >= 0.3 is 5.97 Å². The van der Waals surface area contributed by atoms with E-state index in [0.29, 0.717) is 26.1 Å². The smallest absolute Gasteiger partial charge is 0.307 e. The number of unbranched alkanes of at least 4 members (excludes halogenated alkanes) is 1. The van der Waals surface area contributed by atoms with Crippen LogP contribution in [0, 0.1) is 0 Å². The fraction of sp³-hybridized carbons (Fsp3) is 0.867.